The van der Waals surface area contributed by atoms with E-state index in [9.17, 15) is 9.90 Å². The quantitative estimate of drug-likeness (QED) is 0.849. The van der Waals surface area contributed by atoms with Gasteiger partial charge in [0.1, 0.15) is 5.75 Å². The summed E-state index contributed by atoms with van der Waals surface area (Å²) >= 11 is 0. The number of amides is 1. The zero-order valence-corrected chi connectivity index (χ0v) is 11.5. The highest BCUT2D eigenvalue weighted by Gasteiger charge is 2.34. The van der Waals surface area contributed by atoms with Gasteiger partial charge in [0, 0.05) is 6.42 Å². The minimum atomic E-state index is -0.533. The number of ether oxygens (including phenoxy) is 1. The molecule has 0 aromatic heterocycles. The maximum Gasteiger partial charge on any atom is 0.261 e. The summed E-state index contributed by atoms with van der Waals surface area (Å²) in [7, 11) is 0. The second kappa shape index (κ2) is 5.61. The first-order valence-corrected chi connectivity index (χ1v) is 6.81. The minimum Gasteiger partial charge on any atom is -0.480 e. The molecular weight excluding hydrogens is 242 g/mol. The van der Waals surface area contributed by atoms with Crippen molar-refractivity contribution in [3.8, 4) is 5.75 Å². The SMILES string of the molecule is CCC(CC)(CO)NC(=O)C1Cc2ccccc2O1. The van der Waals surface area contributed by atoms with Crippen molar-refractivity contribution in [2.45, 2.75) is 44.8 Å². The van der Waals surface area contributed by atoms with Gasteiger partial charge < -0.3 is 15.2 Å². The van der Waals surface area contributed by atoms with Gasteiger partial charge in [0.15, 0.2) is 6.10 Å². The molecule has 19 heavy (non-hydrogen) atoms. The molecule has 0 radical (unpaired) electrons. The highest BCUT2D eigenvalue weighted by atomic mass is 16.5. The number of nitrogens with one attached hydrogen (secondary N) is 1. The third kappa shape index (κ3) is 2.73. The Labute approximate surface area is 113 Å². The molecule has 0 fully saturated rings. The van der Waals surface area contributed by atoms with E-state index in [1.807, 2.05) is 38.1 Å². The molecular formula is C15H21NO3. The van der Waals surface area contributed by atoms with Gasteiger partial charge in [-0.15, -0.1) is 0 Å². The molecule has 1 amide bonds. The first-order valence-electron chi connectivity index (χ1n) is 6.81. The van der Waals surface area contributed by atoms with E-state index in [0.29, 0.717) is 19.3 Å². The Bertz CT molecular complexity index is 421. The number of carbonyl (C=O) groups is 1. The third-order valence-corrected chi connectivity index (χ3v) is 3.98. The Balaban J connectivity index is 2.03. The Morgan fingerprint density at radius 2 is 2.11 bits per heavy atom. The predicted octanol–water partition coefficient (Wildman–Crippen LogP) is 1.66. The molecule has 4 nitrogen and oxygen atoms in total. The van der Waals surface area contributed by atoms with E-state index < -0.39 is 11.6 Å². The fourth-order valence-corrected chi connectivity index (χ4v) is 2.36. The van der Waals surface area contributed by atoms with Crippen LogP contribution < -0.4 is 10.1 Å². The normalized spacial score (nSPS) is 17.7. The average molecular weight is 263 g/mol. The van der Waals surface area contributed by atoms with Crippen LogP contribution in [0.3, 0.4) is 0 Å². The van der Waals surface area contributed by atoms with Crippen molar-refractivity contribution in [3.63, 3.8) is 0 Å². The lowest BCUT2D eigenvalue weighted by Gasteiger charge is -2.31. The van der Waals surface area contributed by atoms with E-state index in [0.717, 1.165) is 11.3 Å². The van der Waals surface area contributed by atoms with Gasteiger partial charge in [-0.25, -0.2) is 0 Å². The Morgan fingerprint density at radius 1 is 1.42 bits per heavy atom. The minimum absolute atomic E-state index is 0.0502. The molecule has 104 valence electrons. The summed E-state index contributed by atoms with van der Waals surface area (Å²) in [4.78, 5) is 12.3. The fraction of sp³-hybridized carbons (Fsp3) is 0.533. The largest absolute Gasteiger partial charge is 0.480 e. The molecule has 0 saturated heterocycles. The second-order valence-corrected chi connectivity index (χ2v) is 5.05. The predicted molar refractivity (Wildman–Crippen MR) is 73.1 cm³/mol. The first-order chi connectivity index (χ1) is 9.14. The number of carbonyl (C=O) groups excluding carboxylic acids is 1. The number of aliphatic hydroxyl groups is 1. The number of fused-ring (bicyclic) bond motifs is 1. The van der Waals surface area contributed by atoms with Gasteiger partial charge in [-0.1, -0.05) is 32.0 Å². The van der Waals surface area contributed by atoms with Crippen LogP contribution in [0.5, 0.6) is 5.75 Å². The molecule has 1 aromatic rings. The molecule has 0 saturated carbocycles. The summed E-state index contributed by atoms with van der Waals surface area (Å²) in [6.07, 6.45) is 1.51. The molecule has 1 unspecified atom stereocenters. The third-order valence-electron chi connectivity index (χ3n) is 3.98. The molecule has 0 bridgehead atoms. The van der Waals surface area contributed by atoms with Gasteiger partial charge in [-0.2, -0.15) is 0 Å². The van der Waals surface area contributed by atoms with E-state index in [1.165, 1.54) is 0 Å². The molecule has 4 heteroatoms. The number of para-hydroxylation sites is 1. The number of rotatable bonds is 5. The van der Waals surface area contributed by atoms with Gasteiger partial charge >= 0.3 is 0 Å². The van der Waals surface area contributed by atoms with Crippen molar-refractivity contribution in [1.29, 1.82) is 0 Å². The van der Waals surface area contributed by atoms with Crippen LogP contribution in [0, 0.1) is 0 Å². The Morgan fingerprint density at radius 3 is 2.68 bits per heavy atom. The smallest absolute Gasteiger partial charge is 0.261 e. The van der Waals surface area contributed by atoms with Crippen LogP contribution in [-0.2, 0) is 11.2 Å². The van der Waals surface area contributed by atoms with Crippen LogP contribution in [0.25, 0.3) is 0 Å². The lowest BCUT2D eigenvalue weighted by molar-refractivity contribution is -0.130. The Kier molecular flexibility index (Phi) is 4.10. The first kappa shape index (κ1) is 13.9. The van der Waals surface area contributed by atoms with Crippen molar-refractivity contribution in [3.05, 3.63) is 29.8 Å². The van der Waals surface area contributed by atoms with Crippen LogP contribution in [0.2, 0.25) is 0 Å². The molecule has 1 heterocycles. The Hall–Kier alpha value is -1.55. The zero-order chi connectivity index (χ0) is 13.9. The van der Waals surface area contributed by atoms with Crippen molar-refractivity contribution in [1.82, 2.24) is 5.32 Å². The molecule has 0 spiro atoms. The van der Waals surface area contributed by atoms with E-state index in [-0.39, 0.29) is 12.5 Å². The lowest BCUT2D eigenvalue weighted by atomic mass is 9.93. The highest BCUT2D eigenvalue weighted by molar-refractivity contribution is 5.83. The van der Waals surface area contributed by atoms with Gasteiger partial charge in [0.2, 0.25) is 0 Å². The average Bonchev–Trinajstić information content (AvgIpc) is 2.89. The molecule has 1 aromatic carbocycles. The summed E-state index contributed by atoms with van der Waals surface area (Å²) in [5.41, 5.74) is 0.528. The van der Waals surface area contributed by atoms with E-state index in [1.54, 1.807) is 0 Å². The topological polar surface area (TPSA) is 58.6 Å². The van der Waals surface area contributed by atoms with E-state index in [2.05, 4.69) is 5.32 Å². The van der Waals surface area contributed by atoms with Gasteiger partial charge in [0.05, 0.1) is 12.1 Å². The molecule has 1 aliphatic rings. The monoisotopic (exact) mass is 263 g/mol. The molecule has 0 aliphatic carbocycles. The number of aliphatic hydroxyl groups excluding tert-OH is 1. The van der Waals surface area contributed by atoms with Gasteiger partial charge in [0.25, 0.3) is 5.91 Å². The maximum atomic E-state index is 12.3. The van der Waals surface area contributed by atoms with E-state index in [4.69, 9.17) is 4.74 Å². The molecule has 1 atom stereocenters. The number of hydrogen-bond donors (Lipinski definition) is 2. The van der Waals surface area contributed by atoms with Crippen molar-refractivity contribution in [2.75, 3.05) is 6.61 Å². The molecule has 2 rings (SSSR count). The lowest BCUT2D eigenvalue weighted by Crippen LogP contribution is -2.54. The summed E-state index contributed by atoms with van der Waals surface area (Å²) in [5.74, 6) is 0.638. The number of hydrogen-bond acceptors (Lipinski definition) is 3. The van der Waals surface area contributed by atoms with Crippen molar-refractivity contribution >= 4 is 5.91 Å². The highest BCUT2D eigenvalue weighted by Crippen LogP contribution is 2.28. The van der Waals surface area contributed by atoms with E-state index >= 15 is 0 Å². The summed E-state index contributed by atoms with van der Waals surface area (Å²) in [6, 6.07) is 7.69. The summed E-state index contributed by atoms with van der Waals surface area (Å²) in [6.45, 7) is 3.87. The standard InChI is InChI=1S/C15H21NO3/c1-3-15(4-2,10-17)16-14(18)13-9-11-7-5-6-8-12(11)19-13/h5-8,13,17H,3-4,9-10H2,1-2H3,(H,16,18). The van der Waals surface area contributed by atoms with Crippen LogP contribution in [-0.4, -0.2) is 29.3 Å². The number of benzene rings is 1. The van der Waals surface area contributed by atoms with Crippen molar-refractivity contribution in [2.24, 2.45) is 0 Å². The van der Waals surface area contributed by atoms with Gasteiger partial charge in [-0.05, 0) is 24.5 Å². The van der Waals surface area contributed by atoms with Crippen LogP contribution in [0.1, 0.15) is 32.3 Å². The van der Waals surface area contributed by atoms with Crippen LogP contribution in [0.15, 0.2) is 24.3 Å². The van der Waals surface area contributed by atoms with Crippen molar-refractivity contribution < 1.29 is 14.6 Å². The zero-order valence-electron chi connectivity index (χ0n) is 11.5. The fourth-order valence-electron chi connectivity index (χ4n) is 2.36. The summed E-state index contributed by atoms with van der Waals surface area (Å²) < 4.78 is 5.65. The van der Waals surface area contributed by atoms with Gasteiger partial charge in [-0.3, -0.25) is 4.79 Å². The van der Waals surface area contributed by atoms with Crippen LogP contribution in [0.4, 0.5) is 0 Å². The van der Waals surface area contributed by atoms with Crippen LogP contribution >= 0.6 is 0 Å². The second-order valence-electron chi connectivity index (χ2n) is 5.05. The molecule has 2 N–H and O–H groups in total. The molecule has 1 aliphatic heterocycles. The maximum absolute atomic E-state index is 12.3. The summed E-state index contributed by atoms with van der Waals surface area (Å²) in [5, 5.41) is 12.4.